The molecule has 0 bridgehead atoms. The zero-order valence-electron chi connectivity index (χ0n) is 13.8. The number of rotatable bonds is 6. The van der Waals surface area contributed by atoms with Crippen LogP contribution in [0.4, 0.5) is 0 Å². The number of carbonyl (C=O) groups excluding carboxylic acids is 1. The van der Waals surface area contributed by atoms with E-state index < -0.39 is 0 Å². The Morgan fingerprint density at radius 2 is 1.36 bits per heavy atom. The number of esters is 1. The van der Waals surface area contributed by atoms with Crippen LogP contribution < -0.4 is 0 Å². The van der Waals surface area contributed by atoms with E-state index >= 15 is 0 Å². The van der Waals surface area contributed by atoms with Crippen molar-refractivity contribution in [2.45, 2.75) is 18.9 Å². The van der Waals surface area contributed by atoms with E-state index in [1.54, 1.807) is 12.1 Å². The van der Waals surface area contributed by atoms with Gasteiger partial charge in [0.1, 0.15) is 12.4 Å². The molecule has 0 heterocycles. The molecular formula is C22H20O3. The van der Waals surface area contributed by atoms with Gasteiger partial charge in [-0.2, -0.15) is 0 Å². The summed E-state index contributed by atoms with van der Waals surface area (Å²) in [5.41, 5.74) is 2.99. The number of aromatic hydroxyl groups is 1. The maximum atomic E-state index is 12.4. The van der Waals surface area contributed by atoms with Crippen molar-refractivity contribution >= 4 is 5.97 Å². The highest BCUT2D eigenvalue weighted by molar-refractivity contribution is 5.71. The molecule has 0 aliphatic carbocycles. The number of hydrogen-bond acceptors (Lipinski definition) is 3. The number of ether oxygens (including phenoxy) is 1. The molecule has 0 spiro atoms. The van der Waals surface area contributed by atoms with Crippen molar-refractivity contribution in [3.8, 4) is 5.75 Å². The van der Waals surface area contributed by atoms with Gasteiger partial charge in [-0.15, -0.1) is 0 Å². The van der Waals surface area contributed by atoms with Gasteiger partial charge in [-0.05, 0) is 28.8 Å². The normalized spacial score (nSPS) is 11.7. The predicted octanol–water partition coefficient (Wildman–Crippen LogP) is 4.66. The quantitative estimate of drug-likeness (QED) is 0.668. The van der Waals surface area contributed by atoms with Crippen molar-refractivity contribution in [1.29, 1.82) is 0 Å². The summed E-state index contributed by atoms with van der Waals surface area (Å²) in [6.45, 7) is 0.275. The van der Waals surface area contributed by atoms with Crippen LogP contribution in [0.15, 0.2) is 84.9 Å². The molecular weight excluding hydrogens is 312 g/mol. The zero-order chi connectivity index (χ0) is 17.5. The van der Waals surface area contributed by atoms with E-state index in [4.69, 9.17) is 4.74 Å². The van der Waals surface area contributed by atoms with Crippen LogP contribution in [0.25, 0.3) is 0 Å². The highest BCUT2D eigenvalue weighted by atomic mass is 16.5. The topological polar surface area (TPSA) is 46.5 Å². The number of benzene rings is 3. The maximum Gasteiger partial charge on any atom is 0.307 e. The number of carbonyl (C=O) groups is 1. The second-order valence-corrected chi connectivity index (χ2v) is 5.91. The molecule has 0 saturated carbocycles. The smallest absolute Gasteiger partial charge is 0.307 e. The van der Waals surface area contributed by atoms with Crippen LogP contribution in [-0.4, -0.2) is 11.1 Å². The van der Waals surface area contributed by atoms with Crippen molar-refractivity contribution in [2.75, 3.05) is 0 Å². The average molecular weight is 332 g/mol. The van der Waals surface area contributed by atoms with Crippen LogP contribution in [0.3, 0.4) is 0 Å². The molecule has 3 aromatic rings. The van der Waals surface area contributed by atoms with Crippen molar-refractivity contribution in [3.63, 3.8) is 0 Å². The molecule has 3 aromatic carbocycles. The Bertz CT molecular complexity index is 796. The van der Waals surface area contributed by atoms with Gasteiger partial charge in [-0.3, -0.25) is 4.79 Å². The van der Waals surface area contributed by atoms with Crippen molar-refractivity contribution < 1.29 is 14.6 Å². The zero-order valence-corrected chi connectivity index (χ0v) is 13.8. The van der Waals surface area contributed by atoms with Crippen LogP contribution in [-0.2, 0) is 16.1 Å². The summed E-state index contributed by atoms with van der Waals surface area (Å²) in [5, 5.41) is 9.51. The minimum atomic E-state index is -0.245. The molecule has 3 rings (SSSR count). The van der Waals surface area contributed by atoms with Crippen LogP contribution in [0.1, 0.15) is 29.0 Å². The molecule has 0 radical (unpaired) electrons. The van der Waals surface area contributed by atoms with E-state index in [1.165, 1.54) is 0 Å². The molecule has 3 heteroatoms. The fraction of sp³-hybridized carbons (Fsp3) is 0.136. The summed E-state index contributed by atoms with van der Waals surface area (Å²) in [5.74, 6) is -0.141. The summed E-state index contributed by atoms with van der Waals surface area (Å²) >= 11 is 0. The first-order valence-corrected chi connectivity index (χ1v) is 8.26. The van der Waals surface area contributed by atoms with Gasteiger partial charge < -0.3 is 9.84 Å². The Balaban J connectivity index is 1.73. The SMILES string of the molecule is O=C(C[C@H](c1ccccc1)c1ccc(O)cc1)OCc1ccccc1. The van der Waals surface area contributed by atoms with E-state index in [9.17, 15) is 9.90 Å². The van der Waals surface area contributed by atoms with Crippen molar-refractivity contribution in [3.05, 3.63) is 102 Å². The summed E-state index contributed by atoms with van der Waals surface area (Å²) in [7, 11) is 0. The monoisotopic (exact) mass is 332 g/mol. The number of phenolic OH excluding ortho intramolecular Hbond substituents is 1. The van der Waals surface area contributed by atoms with Gasteiger partial charge in [-0.25, -0.2) is 0 Å². The summed E-state index contributed by atoms with van der Waals surface area (Å²) in [6.07, 6.45) is 0.252. The lowest BCUT2D eigenvalue weighted by Crippen LogP contribution is -2.11. The average Bonchev–Trinajstić information content (AvgIpc) is 2.67. The lowest BCUT2D eigenvalue weighted by atomic mass is 9.88. The van der Waals surface area contributed by atoms with E-state index in [-0.39, 0.29) is 30.7 Å². The fourth-order valence-electron chi connectivity index (χ4n) is 2.78. The van der Waals surface area contributed by atoms with Gasteiger partial charge in [0.2, 0.25) is 0 Å². The third-order valence-corrected chi connectivity index (χ3v) is 4.11. The lowest BCUT2D eigenvalue weighted by Gasteiger charge is -2.17. The third kappa shape index (κ3) is 4.70. The minimum Gasteiger partial charge on any atom is -0.508 e. The second-order valence-electron chi connectivity index (χ2n) is 5.91. The highest BCUT2D eigenvalue weighted by Gasteiger charge is 2.19. The van der Waals surface area contributed by atoms with Crippen LogP contribution in [0, 0.1) is 0 Å². The first-order valence-electron chi connectivity index (χ1n) is 8.26. The molecule has 0 amide bonds. The summed E-state index contributed by atoms with van der Waals surface area (Å²) < 4.78 is 5.44. The molecule has 25 heavy (non-hydrogen) atoms. The van der Waals surface area contributed by atoms with E-state index in [1.807, 2.05) is 72.8 Å². The number of phenols is 1. The van der Waals surface area contributed by atoms with Gasteiger partial charge in [0.05, 0.1) is 6.42 Å². The molecule has 0 aromatic heterocycles. The predicted molar refractivity (Wildman–Crippen MR) is 97.2 cm³/mol. The maximum absolute atomic E-state index is 12.4. The first kappa shape index (κ1) is 16.8. The van der Waals surface area contributed by atoms with Gasteiger partial charge in [-0.1, -0.05) is 72.8 Å². The Hall–Kier alpha value is -3.07. The minimum absolute atomic E-state index is 0.106. The van der Waals surface area contributed by atoms with Crippen LogP contribution in [0.2, 0.25) is 0 Å². The molecule has 3 nitrogen and oxygen atoms in total. The lowest BCUT2D eigenvalue weighted by molar-refractivity contribution is -0.145. The van der Waals surface area contributed by atoms with Gasteiger partial charge in [0.15, 0.2) is 0 Å². The Labute approximate surface area is 147 Å². The van der Waals surface area contributed by atoms with E-state index in [2.05, 4.69) is 0 Å². The van der Waals surface area contributed by atoms with Crippen LogP contribution in [0.5, 0.6) is 5.75 Å². The van der Waals surface area contributed by atoms with E-state index in [0.29, 0.717) is 0 Å². The molecule has 0 saturated heterocycles. The largest absolute Gasteiger partial charge is 0.508 e. The van der Waals surface area contributed by atoms with Crippen molar-refractivity contribution in [2.24, 2.45) is 0 Å². The molecule has 0 aliphatic rings. The summed E-state index contributed by atoms with van der Waals surface area (Å²) in [6, 6.07) is 26.5. The van der Waals surface area contributed by atoms with Gasteiger partial charge in [0.25, 0.3) is 0 Å². The van der Waals surface area contributed by atoms with Crippen molar-refractivity contribution in [1.82, 2.24) is 0 Å². The fourth-order valence-corrected chi connectivity index (χ4v) is 2.78. The van der Waals surface area contributed by atoms with Crippen LogP contribution >= 0.6 is 0 Å². The van der Waals surface area contributed by atoms with Gasteiger partial charge >= 0.3 is 5.97 Å². The number of hydrogen-bond donors (Lipinski definition) is 1. The second kappa shape index (κ2) is 8.15. The molecule has 1 N–H and O–H groups in total. The Morgan fingerprint density at radius 1 is 0.800 bits per heavy atom. The molecule has 0 aliphatic heterocycles. The third-order valence-electron chi connectivity index (χ3n) is 4.11. The van der Waals surface area contributed by atoms with Gasteiger partial charge in [0, 0.05) is 5.92 Å². The Morgan fingerprint density at radius 3 is 2.00 bits per heavy atom. The molecule has 126 valence electrons. The standard InChI is InChI=1S/C22H20O3/c23-20-13-11-19(12-14-20)21(18-9-5-2-6-10-18)15-22(24)25-16-17-7-3-1-4-8-17/h1-14,21,23H,15-16H2/t21-/m1/s1. The summed E-state index contributed by atoms with van der Waals surface area (Å²) in [4.78, 5) is 12.4. The first-order chi connectivity index (χ1) is 12.2. The molecule has 1 atom stereocenters. The Kier molecular flexibility index (Phi) is 5.47. The highest BCUT2D eigenvalue weighted by Crippen LogP contribution is 2.29. The molecule has 0 fully saturated rings. The van der Waals surface area contributed by atoms with E-state index in [0.717, 1.165) is 16.7 Å². The molecule has 0 unspecified atom stereocenters.